The molecule has 1 nitrogen and oxygen atoms in total. The van der Waals surface area contributed by atoms with Crippen LogP contribution in [0.1, 0.15) is 60.4 Å². The molecule has 0 radical (unpaired) electrons. The second-order valence-corrected chi connectivity index (χ2v) is 6.41. The predicted molar refractivity (Wildman–Crippen MR) is 91.1 cm³/mol. The van der Waals surface area contributed by atoms with E-state index < -0.39 is 0 Å². The third kappa shape index (κ3) is 3.65. The number of hydrogen-bond acceptors (Lipinski definition) is 1. The average Bonchev–Trinajstić information content (AvgIpc) is 2.62. The number of Topliss-reactive ketones (excluding diaryl/α,β-unsaturated/α-hetero) is 1. The van der Waals surface area contributed by atoms with Gasteiger partial charge in [-0.3, -0.25) is 4.79 Å². The summed E-state index contributed by atoms with van der Waals surface area (Å²) in [5.74, 6) is 1.30. The lowest BCUT2D eigenvalue weighted by molar-refractivity contribution is 0.0958. The first kappa shape index (κ1) is 15.0. The standard InChI is InChI=1S/C21H24O/c22-21(19-14-8-3-9-15-19)16-20(17-10-4-1-5-11-17)18-12-6-2-7-13-18/h1,3-5,8-11,14-15,18,20H,2,6-7,12-13,16H2. The van der Waals surface area contributed by atoms with E-state index in [2.05, 4.69) is 30.3 Å². The topological polar surface area (TPSA) is 17.1 Å². The molecule has 2 aromatic carbocycles. The fourth-order valence-electron chi connectivity index (χ4n) is 3.74. The minimum Gasteiger partial charge on any atom is -0.294 e. The molecule has 0 aromatic heterocycles. The highest BCUT2D eigenvalue weighted by Crippen LogP contribution is 2.38. The van der Waals surface area contributed by atoms with Crippen LogP contribution >= 0.6 is 0 Å². The molecule has 0 saturated heterocycles. The number of rotatable bonds is 5. The van der Waals surface area contributed by atoms with E-state index >= 15 is 0 Å². The Morgan fingerprint density at radius 3 is 2.09 bits per heavy atom. The molecule has 1 saturated carbocycles. The minimum atomic E-state index is 0.278. The third-order valence-electron chi connectivity index (χ3n) is 4.95. The molecule has 3 rings (SSSR count). The molecule has 0 bridgehead atoms. The van der Waals surface area contributed by atoms with E-state index in [9.17, 15) is 4.79 Å². The summed E-state index contributed by atoms with van der Waals surface area (Å²) in [5, 5.41) is 0. The van der Waals surface area contributed by atoms with E-state index in [1.54, 1.807) is 0 Å². The van der Waals surface area contributed by atoms with Gasteiger partial charge in [-0.15, -0.1) is 0 Å². The first-order chi connectivity index (χ1) is 10.8. The van der Waals surface area contributed by atoms with E-state index in [1.165, 1.54) is 37.7 Å². The SMILES string of the molecule is O=C(CC(c1ccccc1)C1CCCCC1)c1ccccc1. The van der Waals surface area contributed by atoms with Crippen molar-refractivity contribution in [3.05, 3.63) is 71.8 Å². The summed E-state index contributed by atoms with van der Waals surface area (Å²) in [6.07, 6.45) is 7.15. The van der Waals surface area contributed by atoms with Crippen LogP contribution in [0.5, 0.6) is 0 Å². The number of hydrogen-bond donors (Lipinski definition) is 0. The Balaban J connectivity index is 1.81. The Hall–Kier alpha value is -1.89. The summed E-state index contributed by atoms with van der Waals surface area (Å²) in [6.45, 7) is 0. The van der Waals surface area contributed by atoms with Crippen LogP contribution < -0.4 is 0 Å². The molecule has 2 aromatic rings. The number of ketones is 1. The van der Waals surface area contributed by atoms with Crippen LogP contribution in [0.2, 0.25) is 0 Å². The van der Waals surface area contributed by atoms with Crippen molar-refractivity contribution in [2.45, 2.75) is 44.4 Å². The molecule has 22 heavy (non-hydrogen) atoms. The van der Waals surface area contributed by atoms with Crippen LogP contribution in [0.25, 0.3) is 0 Å². The monoisotopic (exact) mass is 292 g/mol. The van der Waals surface area contributed by atoms with Gasteiger partial charge in [-0.25, -0.2) is 0 Å². The Labute approximate surface area is 133 Å². The van der Waals surface area contributed by atoms with Gasteiger partial charge < -0.3 is 0 Å². The van der Waals surface area contributed by atoms with Crippen molar-refractivity contribution in [1.29, 1.82) is 0 Å². The molecule has 0 aliphatic heterocycles. The maximum Gasteiger partial charge on any atom is 0.163 e. The first-order valence-corrected chi connectivity index (χ1v) is 8.48. The van der Waals surface area contributed by atoms with Gasteiger partial charge in [0.05, 0.1) is 0 Å². The van der Waals surface area contributed by atoms with Gasteiger partial charge in [0, 0.05) is 12.0 Å². The lowest BCUT2D eigenvalue weighted by Gasteiger charge is -2.30. The molecular formula is C21H24O. The summed E-state index contributed by atoms with van der Waals surface area (Å²) in [6, 6.07) is 20.4. The van der Waals surface area contributed by atoms with Crippen LogP contribution in [0.15, 0.2) is 60.7 Å². The number of carbonyl (C=O) groups excluding carboxylic acids is 1. The maximum atomic E-state index is 12.7. The number of carbonyl (C=O) groups is 1. The van der Waals surface area contributed by atoms with E-state index in [4.69, 9.17) is 0 Å². The Morgan fingerprint density at radius 1 is 0.864 bits per heavy atom. The molecule has 0 amide bonds. The van der Waals surface area contributed by atoms with Crippen LogP contribution in [0.4, 0.5) is 0 Å². The highest BCUT2D eigenvalue weighted by molar-refractivity contribution is 5.96. The normalized spacial score (nSPS) is 17.1. The molecule has 1 unspecified atom stereocenters. The van der Waals surface area contributed by atoms with Gasteiger partial charge in [-0.05, 0) is 30.2 Å². The number of benzene rings is 2. The molecule has 1 aliphatic carbocycles. The molecule has 0 N–H and O–H groups in total. The van der Waals surface area contributed by atoms with Crippen LogP contribution in [0, 0.1) is 5.92 Å². The Morgan fingerprint density at radius 2 is 1.45 bits per heavy atom. The summed E-state index contributed by atoms with van der Waals surface area (Å²) in [5.41, 5.74) is 2.18. The van der Waals surface area contributed by atoms with Gasteiger partial charge in [0.2, 0.25) is 0 Å². The van der Waals surface area contributed by atoms with Gasteiger partial charge in [0.1, 0.15) is 0 Å². The second kappa shape index (κ2) is 7.40. The molecule has 1 atom stereocenters. The van der Waals surface area contributed by atoms with Crippen molar-refractivity contribution in [3.8, 4) is 0 Å². The Bertz CT molecular complexity index is 582. The smallest absolute Gasteiger partial charge is 0.163 e. The van der Waals surface area contributed by atoms with Gasteiger partial charge in [0.15, 0.2) is 5.78 Å². The van der Waals surface area contributed by atoms with E-state index in [-0.39, 0.29) is 5.78 Å². The second-order valence-electron chi connectivity index (χ2n) is 6.41. The highest BCUT2D eigenvalue weighted by atomic mass is 16.1. The molecule has 0 spiro atoms. The van der Waals surface area contributed by atoms with Crippen molar-refractivity contribution in [2.24, 2.45) is 5.92 Å². The summed E-state index contributed by atoms with van der Waals surface area (Å²) >= 11 is 0. The van der Waals surface area contributed by atoms with Crippen molar-refractivity contribution in [2.75, 3.05) is 0 Å². The predicted octanol–water partition coefficient (Wildman–Crippen LogP) is 5.62. The van der Waals surface area contributed by atoms with Crippen molar-refractivity contribution in [1.82, 2.24) is 0 Å². The van der Waals surface area contributed by atoms with Gasteiger partial charge in [0.25, 0.3) is 0 Å². The summed E-state index contributed by atoms with van der Waals surface area (Å²) < 4.78 is 0. The van der Waals surface area contributed by atoms with E-state index in [1.807, 2.05) is 30.3 Å². The van der Waals surface area contributed by atoms with Crippen molar-refractivity contribution in [3.63, 3.8) is 0 Å². The zero-order valence-electron chi connectivity index (χ0n) is 13.1. The van der Waals surface area contributed by atoms with Crippen LogP contribution in [0.3, 0.4) is 0 Å². The summed E-state index contributed by atoms with van der Waals surface area (Å²) in [7, 11) is 0. The van der Waals surface area contributed by atoms with Gasteiger partial charge >= 0.3 is 0 Å². The first-order valence-electron chi connectivity index (χ1n) is 8.48. The molecule has 1 fully saturated rings. The Kier molecular flexibility index (Phi) is 5.05. The zero-order chi connectivity index (χ0) is 15.2. The van der Waals surface area contributed by atoms with E-state index in [0.29, 0.717) is 18.3 Å². The van der Waals surface area contributed by atoms with Crippen LogP contribution in [-0.2, 0) is 0 Å². The lowest BCUT2D eigenvalue weighted by Crippen LogP contribution is -2.19. The fourth-order valence-corrected chi connectivity index (χ4v) is 3.74. The van der Waals surface area contributed by atoms with E-state index in [0.717, 1.165) is 5.56 Å². The fraction of sp³-hybridized carbons (Fsp3) is 0.381. The highest BCUT2D eigenvalue weighted by Gasteiger charge is 2.27. The quantitative estimate of drug-likeness (QED) is 0.653. The van der Waals surface area contributed by atoms with Crippen molar-refractivity contribution < 1.29 is 4.79 Å². The van der Waals surface area contributed by atoms with Gasteiger partial charge in [-0.1, -0.05) is 79.9 Å². The molecule has 1 heteroatoms. The zero-order valence-corrected chi connectivity index (χ0v) is 13.1. The summed E-state index contributed by atoms with van der Waals surface area (Å²) in [4.78, 5) is 12.7. The third-order valence-corrected chi connectivity index (χ3v) is 4.95. The average molecular weight is 292 g/mol. The van der Waals surface area contributed by atoms with Gasteiger partial charge in [-0.2, -0.15) is 0 Å². The van der Waals surface area contributed by atoms with Crippen molar-refractivity contribution >= 4 is 5.78 Å². The lowest BCUT2D eigenvalue weighted by atomic mass is 9.74. The van der Waals surface area contributed by atoms with Crippen LogP contribution in [-0.4, -0.2) is 5.78 Å². The molecular weight excluding hydrogens is 268 g/mol. The molecule has 1 aliphatic rings. The maximum absolute atomic E-state index is 12.7. The minimum absolute atomic E-state index is 0.278. The largest absolute Gasteiger partial charge is 0.294 e. The molecule has 114 valence electrons. The molecule has 0 heterocycles.